The standard InChI is InChI=1S/C14H17Cl2NO2.3HI.V/c1-14(7-3-2-4-8-14)13(19)17-9-5-6-10(18)12(16)11(9)15;;;;/h5-6,18H,2-4,7-8H2,1H3,(H,17,19);3*1H;/q;;;;+3/p-3. The van der Waals surface area contributed by atoms with Crippen LogP contribution in [0.1, 0.15) is 39.0 Å². The zero-order valence-corrected chi connectivity index (χ0v) is 21.8. The number of carbonyl (C=O) groups excluding carboxylic acids is 1. The van der Waals surface area contributed by atoms with Crippen molar-refractivity contribution in [1.29, 1.82) is 0 Å². The number of amides is 1. The van der Waals surface area contributed by atoms with Gasteiger partial charge in [0.1, 0.15) is 10.8 Å². The number of nitrogens with one attached hydrogen (secondary N) is 1. The summed E-state index contributed by atoms with van der Waals surface area (Å²) in [4.78, 5) is 12.1. The molecule has 130 valence electrons. The third kappa shape index (κ3) is 7.54. The molecule has 1 saturated carbocycles. The van der Waals surface area contributed by atoms with Crippen molar-refractivity contribution in [1.82, 2.24) is 0 Å². The molecule has 0 atom stereocenters. The molecule has 9 heteroatoms. The zero-order valence-electron chi connectivity index (χ0n) is 12.4. The van der Waals surface area contributed by atoms with Gasteiger partial charge in [0.2, 0.25) is 5.91 Å². The summed E-state index contributed by atoms with van der Waals surface area (Å²) in [5.41, 5.74) is 0.104. The molecule has 0 spiro atoms. The molecular weight excluding hydrogens is 717 g/mol. The first-order chi connectivity index (χ1) is 10.7. The summed E-state index contributed by atoms with van der Waals surface area (Å²) in [6.45, 7) is 1.98. The summed E-state index contributed by atoms with van der Waals surface area (Å²) in [5.74, 6) is -0.121. The molecular formula is C14H17Cl2I3NO2V. The van der Waals surface area contributed by atoms with Crippen molar-refractivity contribution in [2.45, 2.75) is 39.0 Å². The van der Waals surface area contributed by atoms with Crippen LogP contribution >= 0.6 is 83.1 Å². The van der Waals surface area contributed by atoms with Crippen LogP contribution in [0.5, 0.6) is 5.75 Å². The van der Waals surface area contributed by atoms with Gasteiger partial charge in [-0.05, 0) is 25.0 Å². The second-order valence-electron chi connectivity index (χ2n) is 5.53. The van der Waals surface area contributed by atoms with Gasteiger partial charge in [-0.1, -0.05) is 49.4 Å². The Morgan fingerprint density at radius 2 is 1.70 bits per heavy atom. The van der Waals surface area contributed by atoms with Crippen molar-refractivity contribution in [2.24, 2.45) is 5.41 Å². The number of rotatable bonds is 2. The van der Waals surface area contributed by atoms with E-state index < -0.39 is 0 Å². The number of benzene rings is 1. The summed E-state index contributed by atoms with van der Waals surface area (Å²) < 4.78 is 0. The fraction of sp³-hybridized carbons (Fsp3) is 0.500. The van der Waals surface area contributed by atoms with E-state index >= 15 is 0 Å². The van der Waals surface area contributed by atoms with Gasteiger partial charge in [-0.15, -0.1) is 0 Å². The van der Waals surface area contributed by atoms with E-state index in [4.69, 9.17) is 23.2 Å². The van der Waals surface area contributed by atoms with Crippen LogP contribution in [0.4, 0.5) is 5.69 Å². The van der Waals surface area contributed by atoms with Crippen LogP contribution in [0.2, 0.25) is 10.0 Å². The Labute approximate surface area is 184 Å². The number of phenols is 1. The SMILES string of the molecule is CC1(C(=O)Nc2ccc(O)c(Cl)c2Cl)CCCCC1.[I][V]([I])[I]. The van der Waals surface area contributed by atoms with Crippen LogP contribution < -0.4 is 5.32 Å². The molecule has 0 unspecified atom stereocenters. The third-order valence-corrected chi connectivity index (χ3v) is 4.69. The van der Waals surface area contributed by atoms with E-state index in [9.17, 15) is 9.90 Å². The molecule has 1 aliphatic rings. The van der Waals surface area contributed by atoms with E-state index in [1.54, 1.807) is 6.07 Å². The Hall–Kier alpha value is 1.84. The molecule has 1 aromatic carbocycles. The number of aromatic hydroxyl groups is 1. The molecule has 0 saturated heterocycles. The number of carbonyl (C=O) groups is 1. The molecule has 2 N–H and O–H groups in total. The van der Waals surface area contributed by atoms with Crippen molar-refractivity contribution in [3.05, 3.63) is 22.2 Å². The summed E-state index contributed by atoms with van der Waals surface area (Å²) in [6.07, 6.45) is 5.13. The van der Waals surface area contributed by atoms with E-state index in [1.807, 2.05) is 6.92 Å². The minimum absolute atomic E-state index is 0.0316. The van der Waals surface area contributed by atoms with Gasteiger partial charge in [0.05, 0.1) is 10.7 Å². The van der Waals surface area contributed by atoms with Crippen molar-refractivity contribution >= 4 is 94.7 Å². The number of anilines is 1. The van der Waals surface area contributed by atoms with Crippen molar-refractivity contribution in [3.8, 4) is 5.75 Å². The molecule has 1 aromatic rings. The molecule has 3 nitrogen and oxygen atoms in total. The Kier molecular flexibility index (Phi) is 10.8. The zero-order chi connectivity index (χ0) is 17.6. The number of phenolic OH excluding ortho intramolecular Hbond substituents is 1. The summed E-state index contributed by atoms with van der Waals surface area (Å²) in [6, 6.07) is 2.99. The molecule has 23 heavy (non-hydrogen) atoms. The number of hydrogen-bond donors (Lipinski definition) is 2. The molecule has 0 heterocycles. The second-order valence-corrected chi connectivity index (χ2v) is 41.7. The summed E-state index contributed by atoms with van der Waals surface area (Å²) in [7, 11) is 0. The van der Waals surface area contributed by atoms with E-state index in [-0.39, 0.29) is 32.0 Å². The van der Waals surface area contributed by atoms with Gasteiger partial charge in [-0.25, -0.2) is 0 Å². The predicted molar refractivity (Wildman–Crippen MR) is 120 cm³/mol. The van der Waals surface area contributed by atoms with Gasteiger partial charge in [0.15, 0.2) is 0 Å². The van der Waals surface area contributed by atoms with Crippen LogP contribution in [0.25, 0.3) is 0 Å². The molecule has 2 rings (SSSR count). The quantitative estimate of drug-likeness (QED) is 0.249. The Morgan fingerprint density at radius 3 is 2.22 bits per heavy atom. The van der Waals surface area contributed by atoms with Crippen LogP contribution in [0.15, 0.2) is 12.1 Å². The molecule has 1 fully saturated rings. The average molecular weight is 734 g/mol. The van der Waals surface area contributed by atoms with E-state index in [1.165, 1.54) is 12.5 Å². The molecule has 1 aliphatic carbocycles. The van der Waals surface area contributed by atoms with Crippen molar-refractivity contribution in [2.75, 3.05) is 5.32 Å². The topological polar surface area (TPSA) is 49.3 Å². The monoisotopic (exact) mass is 733 g/mol. The number of halogens is 5. The normalized spacial score (nSPS) is 16.5. The Balaban J connectivity index is 0.000000593. The van der Waals surface area contributed by atoms with E-state index in [0.717, 1.165) is 25.7 Å². The third-order valence-electron chi connectivity index (χ3n) is 3.82. The van der Waals surface area contributed by atoms with Crippen molar-refractivity contribution in [3.63, 3.8) is 0 Å². The Bertz CT molecular complexity index is 552. The molecule has 0 aromatic heterocycles. The fourth-order valence-electron chi connectivity index (χ4n) is 2.47. The summed E-state index contributed by atoms with van der Waals surface area (Å²) in [5, 5.41) is 12.5. The van der Waals surface area contributed by atoms with Crippen LogP contribution in [0.3, 0.4) is 0 Å². The average Bonchev–Trinajstić information content (AvgIpc) is 2.48. The van der Waals surface area contributed by atoms with Gasteiger partial charge >= 0.3 is 64.9 Å². The Morgan fingerprint density at radius 1 is 1.17 bits per heavy atom. The van der Waals surface area contributed by atoms with Gasteiger partial charge in [-0.2, -0.15) is 0 Å². The number of hydrogen-bond acceptors (Lipinski definition) is 2. The molecule has 0 aliphatic heterocycles. The van der Waals surface area contributed by atoms with Gasteiger partial charge in [-0.3, -0.25) is 4.79 Å². The van der Waals surface area contributed by atoms with Crippen LogP contribution in [0, 0.1) is 5.41 Å². The summed E-state index contributed by atoms with van der Waals surface area (Å²) >= 11 is 19.3. The molecule has 0 bridgehead atoms. The first-order valence-corrected chi connectivity index (χ1v) is 21.2. The second kappa shape index (κ2) is 10.9. The van der Waals surface area contributed by atoms with Crippen LogP contribution in [-0.2, 0) is 9.72 Å². The first-order valence-electron chi connectivity index (χ1n) is 6.93. The predicted octanol–water partition coefficient (Wildman–Crippen LogP) is 7.26. The maximum absolute atomic E-state index is 12.4. The fourth-order valence-corrected chi connectivity index (χ4v) is 2.84. The minimum atomic E-state index is -0.341. The van der Waals surface area contributed by atoms with Gasteiger partial charge in [0, 0.05) is 5.41 Å². The first kappa shape index (κ1) is 22.9. The van der Waals surface area contributed by atoms with Gasteiger partial charge in [0.25, 0.3) is 0 Å². The molecule has 0 radical (unpaired) electrons. The van der Waals surface area contributed by atoms with E-state index in [0.29, 0.717) is 5.69 Å². The van der Waals surface area contributed by atoms with Gasteiger partial charge < -0.3 is 10.4 Å². The van der Waals surface area contributed by atoms with E-state index in [2.05, 4.69) is 65.3 Å². The maximum atomic E-state index is 12.4. The molecule has 1 amide bonds. The van der Waals surface area contributed by atoms with Crippen LogP contribution in [-0.4, -0.2) is 11.0 Å². The van der Waals surface area contributed by atoms with Crippen molar-refractivity contribution < 1.29 is 14.8 Å².